The third-order valence-electron chi connectivity index (χ3n) is 4.79. The van der Waals surface area contributed by atoms with E-state index in [2.05, 4.69) is 42.5 Å². The second kappa shape index (κ2) is 6.22. The van der Waals surface area contributed by atoms with Crippen molar-refractivity contribution in [3.63, 3.8) is 0 Å². The lowest BCUT2D eigenvalue weighted by atomic mass is 10.0. The van der Waals surface area contributed by atoms with E-state index in [9.17, 15) is 0 Å². The number of nitrogens with two attached hydrogens (primary N) is 1. The Morgan fingerprint density at radius 1 is 0.519 bits per heavy atom. The zero-order valence-electron chi connectivity index (χ0n) is 14.6. The first-order valence-corrected chi connectivity index (χ1v) is 8.89. The molecule has 0 saturated carbocycles. The molecule has 2 aromatic heterocycles. The van der Waals surface area contributed by atoms with Gasteiger partial charge in [0.15, 0.2) is 0 Å². The molecule has 0 radical (unpaired) electrons. The van der Waals surface area contributed by atoms with Crippen molar-refractivity contribution in [1.82, 2.24) is 9.97 Å². The van der Waals surface area contributed by atoms with Gasteiger partial charge in [-0.2, -0.15) is 0 Å². The number of para-hydroxylation sites is 1. The van der Waals surface area contributed by atoms with Crippen LogP contribution >= 0.6 is 0 Å². The third-order valence-corrected chi connectivity index (χ3v) is 4.79. The van der Waals surface area contributed by atoms with Gasteiger partial charge in [0.1, 0.15) is 0 Å². The third kappa shape index (κ3) is 2.89. The number of pyridine rings is 2. The van der Waals surface area contributed by atoms with Crippen LogP contribution in [0.15, 0.2) is 91.0 Å². The highest BCUT2D eigenvalue weighted by molar-refractivity contribution is 5.87. The van der Waals surface area contributed by atoms with E-state index in [1.165, 1.54) is 0 Å². The Kier molecular flexibility index (Phi) is 3.58. The SMILES string of the molecule is Nc1ccc(-c2ccc3cc(-c4ccc5ccccc5n4)ccc3n2)cc1. The Balaban J connectivity index is 1.56. The summed E-state index contributed by atoms with van der Waals surface area (Å²) in [5.74, 6) is 0. The smallest absolute Gasteiger partial charge is 0.0709 e. The van der Waals surface area contributed by atoms with Crippen LogP contribution in [0.1, 0.15) is 0 Å². The Labute approximate surface area is 157 Å². The van der Waals surface area contributed by atoms with E-state index in [4.69, 9.17) is 15.7 Å². The zero-order chi connectivity index (χ0) is 18.2. The van der Waals surface area contributed by atoms with Gasteiger partial charge in [0.25, 0.3) is 0 Å². The molecule has 3 aromatic carbocycles. The molecule has 2 N–H and O–H groups in total. The normalized spacial score (nSPS) is 11.1. The Morgan fingerprint density at radius 2 is 1.15 bits per heavy atom. The quantitative estimate of drug-likeness (QED) is 0.417. The van der Waals surface area contributed by atoms with Crippen LogP contribution in [0.5, 0.6) is 0 Å². The number of rotatable bonds is 2. The van der Waals surface area contributed by atoms with Crippen molar-refractivity contribution in [2.24, 2.45) is 0 Å². The van der Waals surface area contributed by atoms with E-state index in [0.717, 1.165) is 50.0 Å². The maximum Gasteiger partial charge on any atom is 0.0709 e. The number of benzene rings is 3. The Hall–Kier alpha value is -3.72. The molecule has 27 heavy (non-hydrogen) atoms. The number of aromatic nitrogens is 2. The number of nitrogen functional groups attached to an aromatic ring is 1. The van der Waals surface area contributed by atoms with Crippen molar-refractivity contribution < 1.29 is 0 Å². The molecule has 5 rings (SSSR count). The van der Waals surface area contributed by atoms with Crippen molar-refractivity contribution in [1.29, 1.82) is 0 Å². The first kappa shape index (κ1) is 15.5. The molecule has 0 bridgehead atoms. The maximum atomic E-state index is 5.78. The maximum absolute atomic E-state index is 5.78. The minimum atomic E-state index is 0.757. The lowest BCUT2D eigenvalue weighted by Crippen LogP contribution is -1.89. The molecule has 0 atom stereocenters. The summed E-state index contributed by atoms with van der Waals surface area (Å²) in [7, 11) is 0. The highest BCUT2D eigenvalue weighted by Gasteiger charge is 2.06. The summed E-state index contributed by atoms with van der Waals surface area (Å²) in [4.78, 5) is 9.59. The predicted octanol–water partition coefficient (Wildman–Crippen LogP) is 5.70. The van der Waals surface area contributed by atoms with Gasteiger partial charge in [-0.25, -0.2) is 9.97 Å². The van der Waals surface area contributed by atoms with Crippen molar-refractivity contribution in [2.45, 2.75) is 0 Å². The minimum absolute atomic E-state index is 0.757. The van der Waals surface area contributed by atoms with E-state index in [1.807, 2.05) is 48.5 Å². The van der Waals surface area contributed by atoms with Crippen LogP contribution < -0.4 is 5.73 Å². The molecule has 5 aromatic rings. The van der Waals surface area contributed by atoms with E-state index in [-0.39, 0.29) is 0 Å². The molecular weight excluding hydrogens is 330 g/mol. The van der Waals surface area contributed by atoms with E-state index < -0.39 is 0 Å². The highest BCUT2D eigenvalue weighted by atomic mass is 14.7. The minimum Gasteiger partial charge on any atom is -0.399 e. The molecule has 2 heterocycles. The summed E-state index contributed by atoms with van der Waals surface area (Å²) < 4.78 is 0. The number of nitrogens with zero attached hydrogens (tertiary/aromatic N) is 2. The molecule has 3 nitrogen and oxygen atoms in total. The zero-order valence-corrected chi connectivity index (χ0v) is 14.6. The number of hydrogen-bond acceptors (Lipinski definition) is 3. The molecule has 3 heteroatoms. The van der Waals surface area contributed by atoms with E-state index in [0.29, 0.717) is 0 Å². The largest absolute Gasteiger partial charge is 0.399 e. The summed E-state index contributed by atoms with van der Waals surface area (Å²) >= 11 is 0. The van der Waals surface area contributed by atoms with E-state index in [1.54, 1.807) is 0 Å². The fourth-order valence-electron chi connectivity index (χ4n) is 3.33. The average molecular weight is 347 g/mol. The first-order valence-electron chi connectivity index (χ1n) is 8.89. The Morgan fingerprint density at radius 3 is 1.96 bits per heavy atom. The summed E-state index contributed by atoms with van der Waals surface area (Å²) in [5.41, 5.74) is 12.6. The van der Waals surface area contributed by atoms with Crippen molar-refractivity contribution in [3.05, 3.63) is 91.0 Å². The van der Waals surface area contributed by atoms with Crippen LogP contribution in [0, 0.1) is 0 Å². The fourth-order valence-corrected chi connectivity index (χ4v) is 3.33. The van der Waals surface area contributed by atoms with Gasteiger partial charge in [-0.1, -0.05) is 48.5 Å². The van der Waals surface area contributed by atoms with Gasteiger partial charge >= 0.3 is 0 Å². The first-order chi connectivity index (χ1) is 13.3. The number of fused-ring (bicyclic) bond motifs is 2. The van der Waals surface area contributed by atoms with Gasteiger partial charge in [-0.15, -0.1) is 0 Å². The molecule has 0 fully saturated rings. The molecule has 0 aliphatic heterocycles. The summed E-state index contributed by atoms with van der Waals surface area (Å²) in [6.45, 7) is 0. The van der Waals surface area contributed by atoms with Gasteiger partial charge in [-0.05, 0) is 42.5 Å². The molecule has 0 amide bonds. The van der Waals surface area contributed by atoms with Crippen molar-refractivity contribution in [2.75, 3.05) is 5.73 Å². The standard InChI is InChI=1S/C24H17N3/c25-20-10-5-17(6-11-20)22-13-8-18-15-19(9-14-24(18)27-22)23-12-7-16-3-1-2-4-21(16)26-23/h1-15H,25H2. The van der Waals surface area contributed by atoms with Crippen LogP contribution in [-0.4, -0.2) is 9.97 Å². The van der Waals surface area contributed by atoms with E-state index >= 15 is 0 Å². The Bertz CT molecular complexity index is 1270. The molecule has 0 aliphatic rings. The number of anilines is 1. The van der Waals surface area contributed by atoms with Crippen molar-refractivity contribution in [3.8, 4) is 22.5 Å². The lowest BCUT2D eigenvalue weighted by Gasteiger charge is -2.07. The van der Waals surface area contributed by atoms with Gasteiger partial charge in [-0.3, -0.25) is 0 Å². The van der Waals surface area contributed by atoms with Crippen LogP contribution in [-0.2, 0) is 0 Å². The second-order valence-electron chi connectivity index (χ2n) is 6.62. The molecule has 0 aliphatic carbocycles. The van der Waals surface area contributed by atoms with Gasteiger partial charge in [0.05, 0.1) is 22.4 Å². The fraction of sp³-hybridized carbons (Fsp3) is 0. The van der Waals surface area contributed by atoms with Crippen LogP contribution in [0.25, 0.3) is 44.3 Å². The van der Waals surface area contributed by atoms with Crippen molar-refractivity contribution >= 4 is 27.5 Å². The van der Waals surface area contributed by atoms with Gasteiger partial charge in [0, 0.05) is 27.6 Å². The number of hydrogen-bond donors (Lipinski definition) is 1. The van der Waals surface area contributed by atoms with Gasteiger partial charge < -0.3 is 5.73 Å². The van der Waals surface area contributed by atoms with Gasteiger partial charge in [0.2, 0.25) is 0 Å². The molecule has 0 unspecified atom stereocenters. The van der Waals surface area contributed by atoms with Crippen LogP contribution in [0.4, 0.5) is 5.69 Å². The summed E-state index contributed by atoms with van der Waals surface area (Å²) in [6.07, 6.45) is 0. The summed E-state index contributed by atoms with van der Waals surface area (Å²) in [6, 6.07) is 30.6. The van der Waals surface area contributed by atoms with Crippen LogP contribution in [0.2, 0.25) is 0 Å². The second-order valence-corrected chi connectivity index (χ2v) is 6.62. The molecular formula is C24H17N3. The molecule has 0 spiro atoms. The molecule has 128 valence electrons. The highest BCUT2D eigenvalue weighted by Crippen LogP contribution is 2.27. The average Bonchev–Trinajstić information content (AvgIpc) is 2.73. The monoisotopic (exact) mass is 347 g/mol. The van der Waals surface area contributed by atoms with Crippen LogP contribution in [0.3, 0.4) is 0 Å². The predicted molar refractivity (Wildman–Crippen MR) is 112 cm³/mol. The lowest BCUT2D eigenvalue weighted by molar-refractivity contribution is 1.38. The topological polar surface area (TPSA) is 51.8 Å². The molecule has 0 saturated heterocycles. The summed E-state index contributed by atoms with van der Waals surface area (Å²) in [5, 5.41) is 2.25.